The van der Waals surface area contributed by atoms with Gasteiger partial charge in [0.05, 0.1) is 36.6 Å². The average molecular weight is 1100 g/mol. The lowest BCUT2D eigenvalue weighted by molar-refractivity contribution is -0.141. The Bertz CT molecular complexity index is 2250. The van der Waals surface area contributed by atoms with Gasteiger partial charge in [0.2, 0.25) is 35.4 Å². The van der Waals surface area contributed by atoms with E-state index in [2.05, 4.69) is 25.9 Å². The fraction of sp³-hybridized carbons (Fsp3) is 0.627. The van der Waals surface area contributed by atoms with E-state index in [9.17, 15) is 68.1 Å². The second-order valence-corrected chi connectivity index (χ2v) is 19.6. The van der Waals surface area contributed by atoms with Gasteiger partial charge in [-0.3, -0.25) is 62.7 Å². The largest absolute Gasteiger partial charge is 0.508 e. The molecular weight excluding hydrogens is 1020 g/mol. The van der Waals surface area contributed by atoms with Gasteiger partial charge in [0, 0.05) is 75.3 Å². The van der Waals surface area contributed by atoms with Gasteiger partial charge < -0.3 is 77.1 Å². The van der Waals surface area contributed by atoms with Crippen LogP contribution in [0.15, 0.2) is 34.3 Å². The number of phenolic OH excluding ortho intramolecular Hbond substituents is 1. The molecule has 0 radical (unpaired) electrons. The molecular formula is C51H83N13O14. The van der Waals surface area contributed by atoms with E-state index in [1.807, 2.05) is 0 Å². The van der Waals surface area contributed by atoms with Gasteiger partial charge in [-0.25, -0.2) is 0 Å². The Balaban J connectivity index is 3.73. The maximum absolute atomic E-state index is 14.5. The van der Waals surface area contributed by atoms with Crippen molar-refractivity contribution in [1.82, 2.24) is 16.0 Å². The summed E-state index contributed by atoms with van der Waals surface area (Å²) in [5.74, 6) is -15.7. The van der Waals surface area contributed by atoms with E-state index < -0.39 is 163 Å². The Morgan fingerprint density at radius 2 is 0.987 bits per heavy atom. The molecule has 0 saturated carbocycles. The van der Waals surface area contributed by atoms with E-state index in [0.29, 0.717) is 31.4 Å². The minimum absolute atomic E-state index is 0.00456. The number of rotatable bonds is 43. The zero-order valence-corrected chi connectivity index (χ0v) is 44.7. The molecule has 27 nitrogen and oxygen atoms in total. The number of carboxylic acid groups (broad SMARTS) is 1. The maximum Gasteiger partial charge on any atom is 0.304 e. The Labute approximate surface area is 453 Å². The molecule has 0 aliphatic heterocycles. The maximum atomic E-state index is 14.5. The fourth-order valence-electron chi connectivity index (χ4n) is 8.39. The quantitative estimate of drug-likeness (QED) is 0.0188. The molecule has 1 aromatic carbocycles. The van der Waals surface area contributed by atoms with Crippen LogP contribution in [0.1, 0.15) is 129 Å². The predicted molar refractivity (Wildman–Crippen MR) is 287 cm³/mol. The summed E-state index contributed by atoms with van der Waals surface area (Å²) in [6, 6.07) is 1.54. The molecule has 0 spiro atoms. The molecule has 22 N–H and O–H groups in total. The number of hydrogen-bond donors (Lipinski definition) is 14. The molecule has 6 amide bonds. The SMILES string of the molecule is C[C@@H](CC(=O)O)C(=O)C[C@H](C(=O)N[C@@H](CCCCN=C(N)N)C(=O)C[C@@H](CCC(N)=O)C(=O)N[C@@H](CCC(N)=O)C(=O)C[C@@H](Cc1ccc(O)cc1)C(=O)N[C@@H](CCCN=C(N)N)C(=O)C[C@@H](CCCCN)C(N)=O)[C@@H](C)O. The fourth-order valence-corrected chi connectivity index (χ4v) is 8.39. The van der Waals surface area contributed by atoms with E-state index in [1.165, 1.54) is 38.1 Å². The van der Waals surface area contributed by atoms with Crippen LogP contribution in [-0.4, -0.2) is 136 Å². The van der Waals surface area contributed by atoms with Gasteiger partial charge in [-0.1, -0.05) is 25.5 Å². The number of carbonyl (C=O) groups is 11. The van der Waals surface area contributed by atoms with Crippen LogP contribution in [0.3, 0.4) is 0 Å². The van der Waals surface area contributed by atoms with Crippen LogP contribution in [-0.2, 0) is 59.2 Å². The number of hydrogen-bond acceptors (Lipinski definition) is 16. The Kier molecular flexibility index (Phi) is 32.0. The third kappa shape index (κ3) is 28.5. The van der Waals surface area contributed by atoms with Crippen LogP contribution in [0, 0.1) is 29.6 Å². The molecule has 1 rings (SSSR count). The smallest absolute Gasteiger partial charge is 0.304 e. The normalized spacial score (nSPS) is 14.5. The third-order valence-corrected chi connectivity index (χ3v) is 13.0. The highest BCUT2D eigenvalue weighted by Crippen LogP contribution is 2.23. The van der Waals surface area contributed by atoms with Crippen LogP contribution in [0.25, 0.3) is 0 Å². The van der Waals surface area contributed by atoms with Crippen LogP contribution in [0.2, 0.25) is 0 Å². The van der Waals surface area contributed by atoms with Crippen molar-refractivity contribution in [2.45, 2.75) is 154 Å². The summed E-state index contributed by atoms with van der Waals surface area (Å²) in [7, 11) is 0. The number of ketones is 4. The summed E-state index contributed by atoms with van der Waals surface area (Å²) in [5, 5.41) is 37.6. The number of nitrogens with zero attached hydrogens (tertiary/aromatic N) is 2. The first-order valence-electron chi connectivity index (χ1n) is 26.0. The monoisotopic (exact) mass is 1100 g/mol. The Morgan fingerprint density at radius 3 is 1.49 bits per heavy atom. The standard InChI is InChI=1S/C51H83N13O14/c1-28(22-45(73)74)39(67)27-35(29(2)65)49(78)64-36(9-4-6-20-60-50(56)57)41(69)25-32(13-17-43(53)71)47(76)63-38(16-18-44(54)72)42(70)26-33(23-30-11-14-34(66)15-12-30)48(77)62-37(10-7-21-61-51(58)59)40(68)24-31(46(55)75)8-3-5-19-52/h11-12,14-15,28-29,31-33,35-38,65-66H,3-10,13,16-27,52H2,1-2H3,(H2,53,71)(H2,54,72)(H2,55,75)(H,62,77)(H,63,76)(H,64,78)(H,73,74)(H4,56,57,60)(H4,58,59,61)/t28-,29+,31+,32+,33+,35-,36-,37-,38-/m0/s1. The summed E-state index contributed by atoms with van der Waals surface area (Å²) in [6.45, 7) is 3.14. The summed E-state index contributed by atoms with van der Waals surface area (Å²) in [5.41, 5.74) is 44.5. The lowest BCUT2D eigenvalue weighted by Gasteiger charge is -2.27. The summed E-state index contributed by atoms with van der Waals surface area (Å²) < 4.78 is 0. The van der Waals surface area contributed by atoms with E-state index in [-0.39, 0.29) is 82.1 Å². The minimum Gasteiger partial charge on any atom is -0.508 e. The Hall–Kier alpha value is -7.55. The van der Waals surface area contributed by atoms with Crippen molar-refractivity contribution >= 4 is 76.5 Å². The first-order chi connectivity index (χ1) is 36.6. The summed E-state index contributed by atoms with van der Waals surface area (Å²) in [4.78, 5) is 154. The van der Waals surface area contributed by atoms with Crippen LogP contribution in [0.4, 0.5) is 0 Å². The zero-order chi connectivity index (χ0) is 59.1. The van der Waals surface area contributed by atoms with Crippen LogP contribution < -0.4 is 61.8 Å². The number of phenols is 1. The number of guanidine groups is 2. The van der Waals surface area contributed by atoms with Crippen molar-refractivity contribution in [1.29, 1.82) is 0 Å². The number of carbonyl (C=O) groups excluding carboxylic acids is 10. The highest BCUT2D eigenvalue weighted by Gasteiger charge is 2.36. The molecule has 27 heteroatoms. The number of aromatic hydroxyl groups is 1. The van der Waals surface area contributed by atoms with Crippen molar-refractivity contribution in [3.8, 4) is 5.75 Å². The predicted octanol–water partition coefficient (Wildman–Crippen LogP) is -2.18. The number of carboxylic acids is 1. The number of aliphatic hydroxyl groups is 1. The zero-order valence-electron chi connectivity index (χ0n) is 44.7. The molecule has 0 unspecified atom stereocenters. The number of nitrogens with two attached hydrogens (primary N) is 8. The van der Waals surface area contributed by atoms with Gasteiger partial charge in [-0.2, -0.15) is 0 Å². The van der Waals surface area contributed by atoms with E-state index in [4.69, 9.17) is 45.9 Å². The van der Waals surface area contributed by atoms with Crippen molar-refractivity contribution in [2.75, 3.05) is 19.6 Å². The first-order valence-corrected chi connectivity index (χ1v) is 26.0. The molecule has 0 bridgehead atoms. The molecule has 0 saturated heterocycles. The van der Waals surface area contributed by atoms with E-state index >= 15 is 0 Å². The van der Waals surface area contributed by atoms with Crippen molar-refractivity contribution in [3.63, 3.8) is 0 Å². The molecule has 0 fully saturated rings. The van der Waals surface area contributed by atoms with Crippen molar-refractivity contribution in [3.05, 3.63) is 29.8 Å². The molecule has 78 heavy (non-hydrogen) atoms. The first kappa shape index (κ1) is 68.5. The van der Waals surface area contributed by atoms with Gasteiger partial charge in [-0.15, -0.1) is 0 Å². The van der Waals surface area contributed by atoms with Gasteiger partial charge in [0.1, 0.15) is 11.5 Å². The topological polar surface area (TPSA) is 517 Å². The highest BCUT2D eigenvalue weighted by atomic mass is 16.4. The molecule has 1 aromatic rings. The number of aliphatic hydroxyl groups excluding tert-OH is 1. The van der Waals surface area contributed by atoms with Gasteiger partial charge in [0.15, 0.2) is 29.3 Å². The lowest BCUT2D eigenvalue weighted by atomic mass is 9.87. The second kappa shape index (κ2) is 36.5. The number of primary amides is 3. The lowest BCUT2D eigenvalue weighted by Crippen LogP contribution is -2.49. The second-order valence-electron chi connectivity index (χ2n) is 19.6. The number of aliphatic imine (C=N–C) groups is 2. The number of benzene rings is 1. The molecule has 0 aliphatic rings. The van der Waals surface area contributed by atoms with Gasteiger partial charge in [0.25, 0.3) is 0 Å². The van der Waals surface area contributed by atoms with Crippen LogP contribution >= 0.6 is 0 Å². The summed E-state index contributed by atoms with van der Waals surface area (Å²) in [6.07, 6.45) is -4.00. The molecule has 9 atom stereocenters. The molecule has 0 aliphatic carbocycles. The third-order valence-electron chi connectivity index (χ3n) is 13.0. The number of amides is 6. The molecule has 0 aromatic heterocycles. The molecule has 436 valence electrons. The van der Waals surface area contributed by atoms with E-state index in [0.717, 1.165) is 0 Å². The van der Waals surface area contributed by atoms with E-state index in [1.54, 1.807) is 0 Å². The van der Waals surface area contributed by atoms with Gasteiger partial charge in [-0.05, 0) is 95.4 Å². The number of unbranched alkanes of at least 4 members (excludes halogenated alkanes) is 2. The number of nitrogens with one attached hydrogen (secondary N) is 3. The van der Waals surface area contributed by atoms with Crippen LogP contribution in [0.5, 0.6) is 5.75 Å². The summed E-state index contributed by atoms with van der Waals surface area (Å²) >= 11 is 0. The average Bonchev–Trinajstić information content (AvgIpc) is 3.35. The van der Waals surface area contributed by atoms with Crippen molar-refractivity contribution < 1.29 is 68.1 Å². The van der Waals surface area contributed by atoms with Gasteiger partial charge >= 0.3 is 5.97 Å². The number of aliphatic carboxylic acids is 1. The Morgan fingerprint density at radius 1 is 0.526 bits per heavy atom. The number of Topliss-reactive ketones (excluding diaryl/α,β-unsaturated/α-hetero) is 4. The minimum atomic E-state index is -1.55. The van der Waals surface area contributed by atoms with Crippen molar-refractivity contribution in [2.24, 2.45) is 85.4 Å². The highest BCUT2D eigenvalue weighted by molar-refractivity contribution is 5.98. The molecule has 0 heterocycles.